The molecule has 5 nitrogen and oxygen atoms in total. The molecule has 4 rings (SSSR count). The third-order valence-corrected chi connectivity index (χ3v) is 5.38. The number of methoxy groups -OCH3 is 1. The number of carbonyl (C=O) groups is 1. The summed E-state index contributed by atoms with van der Waals surface area (Å²) in [5.41, 5.74) is 4.20. The van der Waals surface area contributed by atoms with Crippen LogP contribution in [0.2, 0.25) is 0 Å². The number of H-pyrrole nitrogens is 1. The van der Waals surface area contributed by atoms with Crippen molar-refractivity contribution in [3.63, 3.8) is 0 Å². The molecule has 3 aromatic rings. The highest BCUT2D eigenvalue weighted by Crippen LogP contribution is 2.27. The summed E-state index contributed by atoms with van der Waals surface area (Å²) in [5, 5.41) is 0.994. The zero-order valence-electron chi connectivity index (χ0n) is 15.9. The third kappa shape index (κ3) is 3.25. The number of ether oxygens (including phenoxy) is 1. The van der Waals surface area contributed by atoms with Gasteiger partial charge >= 0.3 is 0 Å². The van der Waals surface area contributed by atoms with E-state index < -0.39 is 0 Å². The summed E-state index contributed by atoms with van der Waals surface area (Å²) in [6, 6.07) is 14.3. The molecule has 5 heteroatoms. The molecule has 0 bridgehead atoms. The molecule has 2 aromatic carbocycles. The van der Waals surface area contributed by atoms with Crippen molar-refractivity contribution in [2.24, 2.45) is 0 Å². The molecular weight excluding hydrogens is 338 g/mol. The fourth-order valence-corrected chi connectivity index (χ4v) is 3.87. The SMILES string of the molecule is CCc1ccccc1N1CCN(C(=O)c2cc(OC)cc3cc[nH]c23)CC1. The van der Waals surface area contributed by atoms with Gasteiger partial charge in [-0.1, -0.05) is 25.1 Å². The molecule has 1 aliphatic rings. The molecule has 1 saturated heterocycles. The van der Waals surface area contributed by atoms with Crippen molar-refractivity contribution in [2.75, 3.05) is 38.2 Å². The van der Waals surface area contributed by atoms with Crippen molar-refractivity contribution < 1.29 is 9.53 Å². The zero-order valence-corrected chi connectivity index (χ0v) is 15.9. The summed E-state index contributed by atoms with van der Waals surface area (Å²) < 4.78 is 5.38. The van der Waals surface area contributed by atoms with Crippen molar-refractivity contribution in [1.29, 1.82) is 0 Å². The van der Waals surface area contributed by atoms with Gasteiger partial charge in [0.15, 0.2) is 0 Å². The van der Waals surface area contributed by atoms with E-state index in [1.165, 1.54) is 11.3 Å². The van der Waals surface area contributed by atoms with E-state index in [-0.39, 0.29) is 5.91 Å². The van der Waals surface area contributed by atoms with Crippen LogP contribution in [0, 0.1) is 0 Å². The second kappa shape index (κ2) is 7.35. The highest BCUT2D eigenvalue weighted by molar-refractivity contribution is 6.06. The highest BCUT2D eigenvalue weighted by atomic mass is 16.5. The second-order valence-electron chi connectivity index (χ2n) is 6.88. The van der Waals surface area contributed by atoms with Crippen molar-refractivity contribution in [3.05, 3.63) is 59.8 Å². The zero-order chi connectivity index (χ0) is 18.8. The Balaban J connectivity index is 1.53. The minimum absolute atomic E-state index is 0.0600. The average molecular weight is 363 g/mol. The Labute approximate surface area is 159 Å². The van der Waals surface area contributed by atoms with E-state index in [0.717, 1.165) is 43.5 Å². The minimum atomic E-state index is 0.0600. The molecule has 27 heavy (non-hydrogen) atoms. The normalized spacial score (nSPS) is 14.6. The maximum absolute atomic E-state index is 13.2. The monoisotopic (exact) mass is 363 g/mol. The first kappa shape index (κ1) is 17.5. The lowest BCUT2D eigenvalue weighted by molar-refractivity contribution is 0.0748. The first-order chi connectivity index (χ1) is 13.2. The number of aromatic amines is 1. The van der Waals surface area contributed by atoms with Gasteiger partial charge in [0, 0.05) is 43.4 Å². The number of carbonyl (C=O) groups excluding carboxylic acids is 1. The van der Waals surface area contributed by atoms with Gasteiger partial charge in [0.05, 0.1) is 18.2 Å². The van der Waals surface area contributed by atoms with E-state index in [9.17, 15) is 4.79 Å². The predicted molar refractivity (Wildman–Crippen MR) is 109 cm³/mol. The Bertz CT molecular complexity index is 955. The van der Waals surface area contributed by atoms with Crippen molar-refractivity contribution in [1.82, 2.24) is 9.88 Å². The molecule has 0 radical (unpaired) electrons. The van der Waals surface area contributed by atoms with Crippen LogP contribution >= 0.6 is 0 Å². The first-order valence-corrected chi connectivity index (χ1v) is 9.48. The van der Waals surface area contributed by atoms with Crippen molar-refractivity contribution >= 4 is 22.5 Å². The standard InChI is InChI=1S/C22H25N3O2/c1-3-16-6-4-5-7-20(16)24-10-12-25(13-11-24)22(26)19-15-18(27-2)14-17-8-9-23-21(17)19/h4-9,14-15,23H,3,10-13H2,1-2H3. The molecule has 1 N–H and O–H groups in total. The maximum atomic E-state index is 13.2. The van der Waals surface area contributed by atoms with Gasteiger partial charge in [0.2, 0.25) is 0 Å². The molecule has 0 aliphatic carbocycles. The molecule has 0 spiro atoms. The Morgan fingerprint density at radius 2 is 1.89 bits per heavy atom. The van der Waals surface area contributed by atoms with Crippen LogP contribution in [-0.4, -0.2) is 49.1 Å². The topological polar surface area (TPSA) is 48.6 Å². The summed E-state index contributed by atoms with van der Waals surface area (Å²) in [5.74, 6) is 0.769. The van der Waals surface area contributed by atoms with Crippen LogP contribution in [0.3, 0.4) is 0 Å². The molecule has 1 aromatic heterocycles. The van der Waals surface area contributed by atoms with Crippen LogP contribution in [0.4, 0.5) is 5.69 Å². The number of para-hydroxylation sites is 1. The largest absolute Gasteiger partial charge is 0.497 e. The van der Waals surface area contributed by atoms with Gasteiger partial charge in [-0.15, -0.1) is 0 Å². The number of benzene rings is 2. The van der Waals surface area contributed by atoms with Crippen LogP contribution in [0.25, 0.3) is 10.9 Å². The Hall–Kier alpha value is -2.95. The van der Waals surface area contributed by atoms with Crippen molar-refractivity contribution in [3.8, 4) is 5.75 Å². The van der Waals surface area contributed by atoms with E-state index in [0.29, 0.717) is 11.3 Å². The van der Waals surface area contributed by atoms with E-state index in [2.05, 4.69) is 41.1 Å². The lowest BCUT2D eigenvalue weighted by Gasteiger charge is -2.37. The third-order valence-electron chi connectivity index (χ3n) is 5.38. The summed E-state index contributed by atoms with van der Waals surface area (Å²) in [7, 11) is 1.63. The fourth-order valence-electron chi connectivity index (χ4n) is 3.87. The summed E-state index contributed by atoms with van der Waals surface area (Å²) in [6.07, 6.45) is 2.88. The van der Waals surface area contributed by atoms with Crippen LogP contribution in [0.1, 0.15) is 22.8 Å². The van der Waals surface area contributed by atoms with Gasteiger partial charge in [-0.3, -0.25) is 4.79 Å². The number of amides is 1. The first-order valence-electron chi connectivity index (χ1n) is 9.48. The number of aromatic nitrogens is 1. The van der Waals surface area contributed by atoms with Crippen LogP contribution in [-0.2, 0) is 6.42 Å². The lowest BCUT2D eigenvalue weighted by Crippen LogP contribution is -2.49. The minimum Gasteiger partial charge on any atom is -0.497 e. The van der Waals surface area contributed by atoms with Gasteiger partial charge in [0.1, 0.15) is 5.75 Å². The van der Waals surface area contributed by atoms with Gasteiger partial charge < -0.3 is 19.5 Å². The van der Waals surface area contributed by atoms with E-state index in [1.807, 2.05) is 29.3 Å². The maximum Gasteiger partial charge on any atom is 0.256 e. The summed E-state index contributed by atoms with van der Waals surface area (Å²) >= 11 is 0. The number of aryl methyl sites for hydroxylation is 1. The lowest BCUT2D eigenvalue weighted by atomic mass is 10.1. The molecule has 0 atom stereocenters. The number of nitrogens with zero attached hydrogens (tertiary/aromatic N) is 2. The van der Waals surface area contributed by atoms with Crippen LogP contribution in [0.15, 0.2) is 48.7 Å². The average Bonchev–Trinajstić information content (AvgIpc) is 3.21. The number of nitrogens with one attached hydrogen (secondary N) is 1. The van der Waals surface area contributed by atoms with Gasteiger partial charge in [-0.25, -0.2) is 0 Å². The molecule has 0 saturated carbocycles. The number of hydrogen-bond donors (Lipinski definition) is 1. The Morgan fingerprint density at radius 1 is 1.11 bits per heavy atom. The Kier molecular flexibility index (Phi) is 4.75. The van der Waals surface area contributed by atoms with E-state index in [4.69, 9.17) is 4.74 Å². The fraction of sp³-hybridized carbons (Fsp3) is 0.318. The smallest absolute Gasteiger partial charge is 0.256 e. The number of rotatable bonds is 4. The summed E-state index contributed by atoms with van der Waals surface area (Å²) in [4.78, 5) is 20.7. The molecular formula is C22H25N3O2. The molecule has 2 heterocycles. The Morgan fingerprint density at radius 3 is 2.63 bits per heavy atom. The van der Waals surface area contributed by atoms with E-state index in [1.54, 1.807) is 7.11 Å². The number of anilines is 1. The van der Waals surface area contributed by atoms with E-state index >= 15 is 0 Å². The van der Waals surface area contributed by atoms with Gasteiger partial charge in [0.25, 0.3) is 5.91 Å². The predicted octanol–water partition coefficient (Wildman–Crippen LogP) is 3.70. The quantitative estimate of drug-likeness (QED) is 0.769. The van der Waals surface area contributed by atoms with Gasteiger partial charge in [-0.05, 0) is 36.2 Å². The second-order valence-corrected chi connectivity index (χ2v) is 6.88. The molecule has 140 valence electrons. The molecule has 0 unspecified atom stereocenters. The summed E-state index contributed by atoms with van der Waals surface area (Å²) in [6.45, 7) is 5.32. The van der Waals surface area contributed by atoms with Crippen LogP contribution < -0.4 is 9.64 Å². The number of fused-ring (bicyclic) bond motifs is 1. The van der Waals surface area contributed by atoms with Crippen molar-refractivity contribution in [2.45, 2.75) is 13.3 Å². The van der Waals surface area contributed by atoms with Crippen LogP contribution in [0.5, 0.6) is 5.75 Å². The molecule has 1 fully saturated rings. The molecule has 1 aliphatic heterocycles. The number of piperazine rings is 1. The molecule has 1 amide bonds. The highest BCUT2D eigenvalue weighted by Gasteiger charge is 2.25. The van der Waals surface area contributed by atoms with Gasteiger partial charge in [-0.2, -0.15) is 0 Å². The number of hydrogen-bond acceptors (Lipinski definition) is 3.